The Morgan fingerprint density at radius 3 is 2.77 bits per heavy atom. The van der Waals surface area contributed by atoms with Crippen molar-refractivity contribution in [3.05, 3.63) is 41.2 Å². The highest BCUT2D eigenvalue weighted by molar-refractivity contribution is 7.13. The number of halogens is 1. The van der Waals surface area contributed by atoms with E-state index in [0.29, 0.717) is 30.4 Å². The highest BCUT2D eigenvalue weighted by atomic mass is 32.1. The third-order valence-electron chi connectivity index (χ3n) is 2.90. The maximum Gasteiger partial charge on any atom is 0.270 e. The largest absolute Gasteiger partial charge is 0.383 e. The van der Waals surface area contributed by atoms with Gasteiger partial charge in [0.2, 0.25) is 0 Å². The van der Waals surface area contributed by atoms with Crippen molar-refractivity contribution in [3.63, 3.8) is 0 Å². The van der Waals surface area contributed by atoms with Crippen LogP contribution in [-0.4, -0.2) is 44.2 Å². The molecule has 2 aromatic rings. The van der Waals surface area contributed by atoms with E-state index in [1.165, 1.54) is 23.5 Å². The van der Waals surface area contributed by atoms with Gasteiger partial charge in [-0.15, -0.1) is 11.3 Å². The van der Waals surface area contributed by atoms with Crippen molar-refractivity contribution < 1.29 is 13.9 Å². The molecule has 0 aliphatic carbocycles. The van der Waals surface area contributed by atoms with Gasteiger partial charge in [0.25, 0.3) is 5.91 Å². The molecule has 0 bridgehead atoms. The molecular weight excluding hydrogens is 305 g/mol. The smallest absolute Gasteiger partial charge is 0.270 e. The number of thiazole rings is 1. The zero-order valence-corrected chi connectivity index (χ0v) is 13.1. The van der Waals surface area contributed by atoms with Crippen LogP contribution in [0.15, 0.2) is 29.6 Å². The zero-order valence-electron chi connectivity index (χ0n) is 12.3. The van der Waals surface area contributed by atoms with Gasteiger partial charge >= 0.3 is 0 Å². The molecule has 118 valence electrons. The van der Waals surface area contributed by atoms with Gasteiger partial charge in [-0.25, -0.2) is 9.37 Å². The van der Waals surface area contributed by atoms with Crippen LogP contribution < -0.4 is 10.6 Å². The summed E-state index contributed by atoms with van der Waals surface area (Å²) < 4.78 is 17.8. The molecule has 0 saturated heterocycles. The van der Waals surface area contributed by atoms with E-state index in [4.69, 9.17) is 4.74 Å². The minimum Gasteiger partial charge on any atom is -0.383 e. The molecule has 2 N–H and O–H groups in total. The Bertz CT molecular complexity index is 601. The van der Waals surface area contributed by atoms with E-state index >= 15 is 0 Å². The number of nitrogens with zero attached hydrogens (tertiary/aromatic N) is 1. The van der Waals surface area contributed by atoms with Crippen molar-refractivity contribution in [2.24, 2.45) is 0 Å². The molecule has 5 nitrogen and oxygen atoms in total. The van der Waals surface area contributed by atoms with Gasteiger partial charge in [-0.2, -0.15) is 0 Å². The number of rotatable bonds is 8. The first-order valence-corrected chi connectivity index (χ1v) is 7.78. The Hall–Kier alpha value is -1.83. The van der Waals surface area contributed by atoms with Gasteiger partial charge in [0.1, 0.15) is 16.5 Å². The van der Waals surface area contributed by atoms with Crippen LogP contribution >= 0.6 is 11.3 Å². The third-order valence-corrected chi connectivity index (χ3v) is 3.79. The molecule has 7 heteroatoms. The fourth-order valence-electron chi connectivity index (χ4n) is 1.76. The molecule has 1 aromatic heterocycles. The van der Waals surface area contributed by atoms with Crippen LogP contribution in [0, 0.1) is 5.82 Å². The fourth-order valence-corrected chi connectivity index (χ4v) is 2.56. The van der Waals surface area contributed by atoms with E-state index in [1.807, 2.05) is 0 Å². The third kappa shape index (κ3) is 4.87. The minimum atomic E-state index is -0.292. The molecule has 0 aliphatic rings. The van der Waals surface area contributed by atoms with Gasteiger partial charge in [0.05, 0.1) is 6.61 Å². The lowest BCUT2D eigenvalue weighted by atomic mass is 10.2. The summed E-state index contributed by atoms with van der Waals surface area (Å²) in [5.74, 6) is -0.502. The molecular formula is C15H18FN3O2S. The fraction of sp³-hybridized carbons (Fsp3) is 0.333. The summed E-state index contributed by atoms with van der Waals surface area (Å²) in [6.45, 7) is 2.58. The second-order valence-electron chi connectivity index (χ2n) is 4.54. The summed E-state index contributed by atoms with van der Waals surface area (Å²) in [5, 5.41) is 8.33. The van der Waals surface area contributed by atoms with E-state index in [-0.39, 0.29) is 11.7 Å². The van der Waals surface area contributed by atoms with Crippen molar-refractivity contribution in [1.82, 2.24) is 15.6 Å². The summed E-state index contributed by atoms with van der Waals surface area (Å²) in [7, 11) is 1.64. The van der Waals surface area contributed by atoms with Crippen LogP contribution in [0.3, 0.4) is 0 Å². The standard InChI is InChI=1S/C15H18FN3O2S/c1-21-9-8-17-6-7-18-14(20)13-10-22-15(19-13)11-2-4-12(16)5-3-11/h2-5,10,17H,6-9H2,1H3,(H,18,20). The number of benzene rings is 1. The van der Waals surface area contributed by atoms with Crippen molar-refractivity contribution in [2.45, 2.75) is 0 Å². The first-order valence-electron chi connectivity index (χ1n) is 6.90. The second-order valence-corrected chi connectivity index (χ2v) is 5.40. The number of hydrogen-bond acceptors (Lipinski definition) is 5. The lowest BCUT2D eigenvalue weighted by molar-refractivity contribution is 0.0949. The lowest BCUT2D eigenvalue weighted by Gasteiger charge is -2.05. The minimum absolute atomic E-state index is 0.210. The van der Waals surface area contributed by atoms with Crippen molar-refractivity contribution in [3.8, 4) is 10.6 Å². The number of ether oxygens (including phenoxy) is 1. The second kappa shape index (κ2) is 8.57. The van der Waals surface area contributed by atoms with Crippen LogP contribution in [0.1, 0.15) is 10.5 Å². The van der Waals surface area contributed by atoms with Crippen LogP contribution in [0.2, 0.25) is 0 Å². The van der Waals surface area contributed by atoms with Crippen molar-refractivity contribution >= 4 is 17.2 Å². The van der Waals surface area contributed by atoms with E-state index in [9.17, 15) is 9.18 Å². The van der Waals surface area contributed by atoms with Gasteiger partial charge in [-0.3, -0.25) is 4.79 Å². The first-order chi connectivity index (χ1) is 10.7. The number of hydrogen-bond donors (Lipinski definition) is 2. The van der Waals surface area contributed by atoms with Gasteiger partial charge < -0.3 is 15.4 Å². The summed E-state index contributed by atoms with van der Waals surface area (Å²) in [5.41, 5.74) is 1.17. The van der Waals surface area contributed by atoms with E-state index in [0.717, 1.165) is 12.1 Å². The summed E-state index contributed by atoms with van der Waals surface area (Å²) in [6.07, 6.45) is 0. The molecule has 0 aliphatic heterocycles. The van der Waals surface area contributed by atoms with Gasteiger partial charge in [-0.1, -0.05) is 0 Å². The average molecular weight is 323 g/mol. The number of carbonyl (C=O) groups is 1. The Balaban J connectivity index is 1.83. The average Bonchev–Trinajstić information content (AvgIpc) is 3.01. The van der Waals surface area contributed by atoms with Crippen LogP contribution in [0.4, 0.5) is 4.39 Å². The van der Waals surface area contributed by atoms with Gasteiger partial charge in [-0.05, 0) is 24.3 Å². The van der Waals surface area contributed by atoms with Crippen LogP contribution in [-0.2, 0) is 4.74 Å². The van der Waals surface area contributed by atoms with Gasteiger partial charge in [0.15, 0.2) is 0 Å². The predicted molar refractivity (Wildman–Crippen MR) is 84.6 cm³/mol. The Morgan fingerprint density at radius 1 is 1.27 bits per heavy atom. The molecule has 0 fully saturated rings. The Kier molecular flexibility index (Phi) is 6.45. The van der Waals surface area contributed by atoms with Crippen LogP contribution in [0.5, 0.6) is 0 Å². The number of aromatic nitrogens is 1. The molecule has 0 saturated carbocycles. The molecule has 22 heavy (non-hydrogen) atoms. The van der Waals surface area contributed by atoms with Gasteiger partial charge in [0, 0.05) is 37.7 Å². The molecule has 2 rings (SSSR count). The maximum atomic E-state index is 12.9. The monoisotopic (exact) mass is 323 g/mol. The van der Waals surface area contributed by atoms with E-state index in [2.05, 4.69) is 15.6 Å². The van der Waals surface area contributed by atoms with Crippen molar-refractivity contribution in [2.75, 3.05) is 33.4 Å². The molecule has 0 radical (unpaired) electrons. The zero-order chi connectivity index (χ0) is 15.8. The normalized spacial score (nSPS) is 10.6. The number of nitrogens with one attached hydrogen (secondary N) is 2. The summed E-state index contributed by atoms with van der Waals surface area (Å²) in [4.78, 5) is 16.2. The molecule has 1 heterocycles. The lowest BCUT2D eigenvalue weighted by Crippen LogP contribution is -2.33. The van der Waals surface area contributed by atoms with E-state index < -0.39 is 0 Å². The molecule has 0 spiro atoms. The molecule has 1 aromatic carbocycles. The molecule has 1 amide bonds. The number of amides is 1. The highest BCUT2D eigenvalue weighted by Crippen LogP contribution is 2.23. The van der Waals surface area contributed by atoms with Crippen LogP contribution in [0.25, 0.3) is 10.6 Å². The number of carbonyl (C=O) groups excluding carboxylic acids is 1. The summed E-state index contributed by atoms with van der Waals surface area (Å²) in [6, 6.07) is 6.05. The Morgan fingerprint density at radius 2 is 2.05 bits per heavy atom. The molecule has 0 atom stereocenters. The predicted octanol–water partition coefficient (Wildman–Crippen LogP) is 1.91. The van der Waals surface area contributed by atoms with E-state index in [1.54, 1.807) is 24.6 Å². The Labute approximate surface area is 132 Å². The maximum absolute atomic E-state index is 12.9. The topological polar surface area (TPSA) is 63.2 Å². The number of methoxy groups -OCH3 is 1. The molecule has 0 unspecified atom stereocenters. The highest BCUT2D eigenvalue weighted by Gasteiger charge is 2.11. The first kappa shape index (κ1) is 16.5. The summed E-state index contributed by atoms with van der Waals surface area (Å²) >= 11 is 1.36. The quantitative estimate of drug-likeness (QED) is 0.729. The van der Waals surface area contributed by atoms with Crippen molar-refractivity contribution in [1.29, 1.82) is 0 Å². The SMILES string of the molecule is COCCNCCNC(=O)c1csc(-c2ccc(F)cc2)n1.